The smallest absolute Gasteiger partial charge is 0.228 e. The Labute approximate surface area is 128 Å². The van der Waals surface area contributed by atoms with Gasteiger partial charge in [0.05, 0.1) is 5.39 Å². The minimum atomic E-state index is 0.661. The van der Waals surface area contributed by atoms with Crippen LogP contribution in [0.15, 0.2) is 0 Å². The quantitative estimate of drug-likeness (QED) is 0.739. The van der Waals surface area contributed by atoms with E-state index in [-0.39, 0.29) is 0 Å². The average molecular weight is 308 g/mol. The molecule has 0 aromatic carbocycles. The Hall–Kier alpha value is -0.870. The molecule has 0 amide bonds. The molecule has 5 heteroatoms. The molecule has 2 aromatic heterocycles. The third-order valence-corrected chi connectivity index (χ3v) is 5.86. The molecule has 20 heavy (non-hydrogen) atoms. The van der Waals surface area contributed by atoms with Gasteiger partial charge in [0, 0.05) is 18.0 Å². The summed E-state index contributed by atoms with van der Waals surface area (Å²) in [7, 11) is 0. The van der Waals surface area contributed by atoms with Gasteiger partial charge in [-0.3, -0.25) is 0 Å². The molecule has 0 saturated carbocycles. The normalized spacial score (nSPS) is 19.4. The van der Waals surface area contributed by atoms with E-state index in [0.29, 0.717) is 5.15 Å². The number of halogens is 1. The molecule has 1 saturated heterocycles. The van der Waals surface area contributed by atoms with Gasteiger partial charge in [0.15, 0.2) is 0 Å². The molecule has 4 rings (SSSR count). The maximum atomic E-state index is 6.48. The topological polar surface area (TPSA) is 29.0 Å². The number of aryl methyl sites for hydroxylation is 2. The number of nitrogens with zero attached hydrogens (tertiary/aromatic N) is 3. The van der Waals surface area contributed by atoms with Gasteiger partial charge in [0.25, 0.3) is 0 Å². The lowest BCUT2D eigenvalue weighted by molar-refractivity contribution is 0.726. The first-order valence-electron chi connectivity index (χ1n) is 7.55. The third kappa shape index (κ3) is 2.09. The monoisotopic (exact) mass is 307 g/mol. The fourth-order valence-corrected chi connectivity index (χ4v) is 4.94. The Morgan fingerprint density at radius 1 is 0.950 bits per heavy atom. The van der Waals surface area contributed by atoms with Gasteiger partial charge in [-0.25, -0.2) is 9.97 Å². The van der Waals surface area contributed by atoms with Crippen LogP contribution < -0.4 is 4.90 Å². The van der Waals surface area contributed by atoms with Crippen molar-refractivity contribution in [1.82, 2.24) is 9.97 Å². The predicted molar refractivity (Wildman–Crippen MR) is 85.1 cm³/mol. The zero-order chi connectivity index (χ0) is 13.5. The fourth-order valence-electron chi connectivity index (χ4n) is 3.35. The van der Waals surface area contributed by atoms with Crippen LogP contribution in [-0.2, 0) is 12.8 Å². The van der Waals surface area contributed by atoms with Crippen molar-refractivity contribution in [2.75, 3.05) is 18.0 Å². The van der Waals surface area contributed by atoms with Crippen LogP contribution in [-0.4, -0.2) is 23.1 Å². The van der Waals surface area contributed by atoms with E-state index in [1.807, 2.05) is 11.3 Å². The highest BCUT2D eigenvalue weighted by molar-refractivity contribution is 7.19. The molecule has 0 atom stereocenters. The van der Waals surface area contributed by atoms with Gasteiger partial charge < -0.3 is 4.90 Å². The van der Waals surface area contributed by atoms with E-state index in [2.05, 4.69) is 9.88 Å². The largest absolute Gasteiger partial charge is 0.341 e. The number of thiophene rings is 1. The lowest BCUT2D eigenvalue weighted by atomic mass is 10.2. The summed E-state index contributed by atoms with van der Waals surface area (Å²) in [5.74, 6) is 0.837. The van der Waals surface area contributed by atoms with Crippen molar-refractivity contribution in [3.05, 3.63) is 15.6 Å². The first-order chi connectivity index (χ1) is 9.83. The standard InChI is InChI=1S/C15H18ClN3S/c16-13-12-10-6-5-7-11(10)20-14(12)18-15(17-13)19-8-3-1-2-4-9-19/h1-9H2. The molecule has 0 unspecified atom stereocenters. The van der Waals surface area contributed by atoms with Gasteiger partial charge in [-0.15, -0.1) is 11.3 Å². The molecular weight excluding hydrogens is 290 g/mol. The minimum Gasteiger partial charge on any atom is -0.341 e. The first kappa shape index (κ1) is 12.8. The Balaban J connectivity index is 1.78. The van der Waals surface area contributed by atoms with Gasteiger partial charge in [-0.05, 0) is 37.7 Å². The summed E-state index contributed by atoms with van der Waals surface area (Å²) in [4.78, 5) is 14.3. The summed E-state index contributed by atoms with van der Waals surface area (Å²) in [6.45, 7) is 2.12. The molecule has 1 aliphatic heterocycles. The lowest BCUT2D eigenvalue weighted by Crippen LogP contribution is -2.26. The van der Waals surface area contributed by atoms with Crippen molar-refractivity contribution in [3.63, 3.8) is 0 Å². The summed E-state index contributed by atoms with van der Waals surface area (Å²) in [5.41, 5.74) is 1.41. The zero-order valence-electron chi connectivity index (χ0n) is 11.5. The molecule has 2 aliphatic rings. The molecule has 1 aliphatic carbocycles. The van der Waals surface area contributed by atoms with Crippen molar-refractivity contribution in [2.45, 2.75) is 44.9 Å². The van der Waals surface area contributed by atoms with Crippen molar-refractivity contribution in [1.29, 1.82) is 0 Å². The van der Waals surface area contributed by atoms with Crippen LogP contribution in [0.3, 0.4) is 0 Å². The van der Waals surface area contributed by atoms with E-state index in [9.17, 15) is 0 Å². The van der Waals surface area contributed by atoms with Gasteiger partial charge in [-0.1, -0.05) is 24.4 Å². The summed E-state index contributed by atoms with van der Waals surface area (Å²) in [6, 6.07) is 0. The Bertz CT molecular complexity index is 644. The van der Waals surface area contributed by atoms with E-state index in [1.54, 1.807) is 0 Å². The molecule has 0 bridgehead atoms. The molecule has 1 fully saturated rings. The second-order valence-electron chi connectivity index (χ2n) is 5.75. The first-order valence-corrected chi connectivity index (χ1v) is 8.75. The molecule has 0 radical (unpaired) electrons. The Morgan fingerprint density at radius 2 is 1.75 bits per heavy atom. The maximum absolute atomic E-state index is 6.48. The SMILES string of the molecule is Clc1nc(N2CCCCCC2)nc2sc3c(c12)CCC3. The predicted octanol–water partition coefficient (Wildman–Crippen LogP) is 4.21. The Kier molecular flexibility index (Phi) is 3.31. The third-order valence-electron chi connectivity index (χ3n) is 4.40. The van der Waals surface area contributed by atoms with Crippen LogP contribution in [0.1, 0.15) is 42.5 Å². The van der Waals surface area contributed by atoms with Crippen LogP contribution in [0.4, 0.5) is 5.95 Å². The summed E-state index contributed by atoms with van der Waals surface area (Å²) in [5, 5.41) is 1.79. The van der Waals surface area contributed by atoms with Gasteiger partial charge in [-0.2, -0.15) is 0 Å². The highest BCUT2D eigenvalue weighted by Gasteiger charge is 2.23. The van der Waals surface area contributed by atoms with Crippen molar-refractivity contribution >= 4 is 39.1 Å². The van der Waals surface area contributed by atoms with Crippen molar-refractivity contribution in [2.24, 2.45) is 0 Å². The second kappa shape index (κ2) is 5.15. The molecule has 106 valence electrons. The molecule has 2 aromatic rings. The van der Waals surface area contributed by atoms with Gasteiger partial charge >= 0.3 is 0 Å². The number of aromatic nitrogens is 2. The summed E-state index contributed by atoms with van der Waals surface area (Å²) >= 11 is 8.30. The number of anilines is 1. The molecular formula is C15H18ClN3S. The molecule has 0 N–H and O–H groups in total. The number of hydrogen-bond acceptors (Lipinski definition) is 4. The number of hydrogen-bond donors (Lipinski definition) is 0. The molecule has 3 heterocycles. The fraction of sp³-hybridized carbons (Fsp3) is 0.600. The Morgan fingerprint density at radius 3 is 2.55 bits per heavy atom. The van der Waals surface area contributed by atoms with E-state index in [1.165, 1.54) is 49.0 Å². The second-order valence-corrected chi connectivity index (χ2v) is 7.19. The van der Waals surface area contributed by atoms with Crippen LogP contribution >= 0.6 is 22.9 Å². The lowest BCUT2D eigenvalue weighted by Gasteiger charge is -2.20. The highest BCUT2D eigenvalue weighted by Crippen LogP contribution is 2.40. The zero-order valence-corrected chi connectivity index (χ0v) is 13.1. The minimum absolute atomic E-state index is 0.661. The molecule has 3 nitrogen and oxygen atoms in total. The average Bonchev–Trinajstić information content (AvgIpc) is 2.89. The van der Waals surface area contributed by atoms with Crippen LogP contribution in [0, 0.1) is 0 Å². The molecule has 0 spiro atoms. The van der Waals surface area contributed by atoms with Gasteiger partial charge in [0.2, 0.25) is 5.95 Å². The van der Waals surface area contributed by atoms with Crippen LogP contribution in [0.5, 0.6) is 0 Å². The van der Waals surface area contributed by atoms with E-state index in [0.717, 1.165) is 35.7 Å². The van der Waals surface area contributed by atoms with E-state index < -0.39 is 0 Å². The van der Waals surface area contributed by atoms with Gasteiger partial charge in [0.1, 0.15) is 9.98 Å². The van der Waals surface area contributed by atoms with E-state index >= 15 is 0 Å². The van der Waals surface area contributed by atoms with Crippen molar-refractivity contribution in [3.8, 4) is 0 Å². The number of rotatable bonds is 1. The van der Waals surface area contributed by atoms with Crippen LogP contribution in [0.2, 0.25) is 5.15 Å². The number of fused-ring (bicyclic) bond motifs is 3. The van der Waals surface area contributed by atoms with Crippen molar-refractivity contribution < 1.29 is 0 Å². The summed E-state index contributed by atoms with van der Waals surface area (Å²) < 4.78 is 0. The van der Waals surface area contributed by atoms with E-state index in [4.69, 9.17) is 16.6 Å². The summed E-state index contributed by atoms with van der Waals surface area (Å²) in [6.07, 6.45) is 8.69. The van der Waals surface area contributed by atoms with Crippen LogP contribution in [0.25, 0.3) is 10.2 Å². The maximum Gasteiger partial charge on any atom is 0.228 e. The highest BCUT2D eigenvalue weighted by atomic mass is 35.5.